The van der Waals surface area contributed by atoms with E-state index >= 15 is 0 Å². The Labute approximate surface area is 356 Å². The maximum atomic E-state index is 6.43. The number of nitrogens with zero attached hydrogens (tertiary/aromatic N) is 1. The first-order chi connectivity index (χ1) is 30.7. The molecule has 3 aromatic heterocycles. The summed E-state index contributed by atoms with van der Waals surface area (Å²) < 4.78 is 19.0. The van der Waals surface area contributed by atoms with Gasteiger partial charge in [0.05, 0.1) is 5.69 Å². The highest BCUT2D eigenvalue weighted by molar-refractivity contribution is 6.14. The zero-order valence-electron chi connectivity index (χ0n) is 33.4. The zero-order chi connectivity index (χ0) is 40.7. The second-order valence-electron chi connectivity index (χ2n) is 16.0. The van der Waals surface area contributed by atoms with Gasteiger partial charge < -0.3 is 18.2 Å². The fraction of sp³-hybridized carbons (Fsp3) is 0. The van der Waals surface area contributed by atoms with Crippen molar-refractivity contribution < 1.29 is 13.3 Å². The average molecular weight is 794 g/mol. The standard InChI is InChI=1S/C58H35NO3/c1-2-12-39-35-56-49(33-38(39)11-1)48-34-40(27-32-53(48)62-56)43-13-3-6-18-50(43)59(41-28-23-36(24-29-41)44-16-9-21-54-57(44)46-14-4-7-19-51(46)60-54)42-30-25-37(26-31-42)45-17-10-22-55-58(45)47-15-5-8-20-52(47)61-55/h1-35H. The number of hydrogen-bond acceptors (Lipinski definition) is 4. The van der Waals surface area contributed by atoms with Crippen molar-refractivity contribution in [1.82, 2.24) is 0 Å². The third-order valence-electron chi connectivity index (χ3n) is 12.5. The first-order valence-corrected chi connectivity index (χ1v) is 21.0. The fourth-order valence-electron chi connectivity index (χ4n) is 9.58. The van der Waals surface area contributed by atoms with Crippen LogP contribution in [0, 0.1) is 0 Å². The molecule has 0 amide bonds. The van der Waals surface area contributed by atoms with Crippen LogP contribution in [0.4, 0.5) is 17.1 Å². The number of anilines is 3. The predicted octanol–water partition coefficient (Wildman–Crippen LogP) is 17.0. The lowest BCUT2D eigenvalue weighted by atomic mass is 9.97. The predicted molar refractivity (Wildman–Crippen MR) is 257 cm³/mol. The quantitative estimate of drug-likeness (QED) is 0.168. The van der Waals surface area contributed by atoms with E-state index < -0.39 is 0 Å². The van der Waals surface area contributed by atoms with Gasteiger partial charge in [-0.05, 0) is 117 Å². The van der Waals surface area contributed by atoms with Crippen LogP contribution in [0.3, 0.4) is 0 Å². The third-order valence-corrected chi connectivity index (χ3v) is 12.5. The molecule has 0 spiro atoms. The van der Waals surface area contributed by atoms with Gasteiger partial charge in [0.1, 0.15) is 33.5 Å². The maximum absolute atomic E-state index is 6.43. The molecule has 13 aromatic rings. The van der Waals surface area contributed by atoms with Gasteiger partial charge in [-0.2, -0.15) is 0 Å². The van der Waals surface area contributed by atoms with Gasteiger partial charge in [-0.1, -0.05) is 133 Å². The number of para-hydroxylation sites is 3. The van der Waals surface area contributed by atoms with Crippen molar-refractivity contribution in [2.24, 2.45) is 0 Å². The smallest absolute Gasteiger partial charge is 0.136 e. The van der Waals surface area contributed by atoms with E-state index in [0.29, 0.717) is 0 Å². The minimum absolute atomic E-state index is 0.875. The van der Waals surface area contributed by atoms with E-state index in [1.807, 2.05) is 24.3 Å². The van der Waals surface area contributed by atoms with Gasteiger partial charge in [-0.3, -0.25) is 0 Å². The van der Waals surface area contributed by atoms with Crippen molar-refractivity contribution in [2.75, 3.05) is 4.90 Å². The number of fused-ring (bicyclic) bond motifs is 10. The lowest BCUT2D eigenvalue weighted by Gasteiger charge is -2.28. The molecular weight excluding hydrogens is 759 g/mol. The average Bonchev–Trinajstić information content (AvgIpc) is 4.02. The third kappa shape index (κ3) is 5.40. The highest BCUT2D eigenvalue weighted by atomic mass is 16.3. The molecule has 4 heteroatoms. The summed E-state index contributed by atoms with van der Waals surface area (Å²) in [6.45, 7) is 0. The van der Waals surface area contributed by atoms with Crippen molar-refractivity contribution in [3.63, 3.8) is 0 Å². The van der Waals surface area contributed by atoms with Gasteiger partial charge in [0.15, 0.2) is 0 Å². The van der Waals surface area contributed by atoms with Crippen LogP contribution in [0.1, 0.15) is 0 Å². The second kappa shape index (κ2) is 13.6. The van der Waals surface area contributed by atoms with E-state index in [9.17, 15) is 0 Å². The van der Waals surface area contributed by atoms with E-state index in [1.165, 1.54) is 10.8 Å². The fourth-order valence-corrected chi connectivity index (χ4v) is 9.58. The molecule has 13 rings (SSSR count). The molecule has 3 heterocycles. The van der Waals surface area contributed by atoms with Gasteiger partial charge in [-0.25, -0.2) is 0 Å². The molecule has 62 heavy (non-hydrogen) atoms. The Morgan fingerprint density at radius 2 is 0.726 bits per heavy atom. The first kappa shape index (κ1) is 34.5. The molecule has 0 radical (unpaired) electrons. The summed E-state index contributed by atoms with van der Waals surface area (Å²) in [6.07, 6.45) is 0. The molecule has 4 nitrogen and oxygen atoms in total. The Morgan fingerprint density at radius 3 is 1.35 bits per heavy atom. The molecule has 0 aliphatic heterocycles. The van der Waals surface area contributed by atoms with Crippen LogP contribution in [-0.4, -0.2) is 0 Å². The summed E-state index contributed by atoms with van der Waals surface area (Å²) in [6, 6.07) is 75.2. The number of furan rings is 3. The Bertz CT molecular complexity index is 3710. The normalized spacial score (nSPS) is 11.9. The summed E-state index contributed by atoms with van der Waals surface area (Å²) in [7, 11) is 0. The lowest BCUT2D eigenvalue weighted by Crippen LogP contribution is -2.11. The van der Waals surface area contributed by atoms with E-state index in [0.717, 1.165) is 116 Å². The molecular formula is C58H35NO3. The van der Waals surface area contributed by atoms with E-state index in [-0.39, 0.29) is 0 Å². The summed E-state index contributed by atoms with van der Waals surface area (Å²) in [5, 5.41) is 9.07. The van der Waals surface area contributed by atoms with Crippen molar-refractivity contribution in [2.45, 2.75) is 0 Å². The molecule has 0 aliphatic rings. The van der Waals surface area contributed by atoms with Gasteiger partial charge in [0, 0.05) is 49.3 Å². The Kier molecular flexibility index (Phi) is 7.57. The first-order valence-electron chi connectivity index (χ1n) is 21.0. The van der Waals surface area contributed by atoms with Crippen molar-refractivity contribution in [1.29, 1.82) is 0 Å². The van der Waals surface area contributed by atoms with E-state index in [4.69, 9.17) is 13.3 Å². The van der Waals surface area contributed by atoms with Crippen molar-refractivity contribution in [3.8, 4) is 33.4 Å². The minimum Gasteiger partial charge on any atom is -0.456 e. The molecule has 290 valence electrons. The van der Waals surface area contributed by atoms with Crippen LogP contribution in [0.15, 0.2) is 226 Å². The van der Waals surface area contributed by atoms with Crippen LogP contribution in [-0.2, 0) is 0 Å². The second-order valence-corrected chi connectivity index (χ2v) is 16.0. The van der Waals surface area contributed by atoms with Crippen LogP contribution in [0.25, 0.3) is 110 Å². The number of benzene rings is 10. The highest BCUT2D eigenvalue weighted by Gasteiger charge is 2.20. The van der Waals surface area contributed by atoms with Gasteiger partial charge >= 0.3 is 0 Å². The van der Waals surface area contributed by atoms with Crippen molar-refractivity contribution >= 4 is 93.7 Å². The molecule has 0 saturated carbocycles. The Balaban J connectivity index is 0.969. The SMILES string of the molecule is c1ccc(N(c2ccc(-c3cccc4oc5ccccc5c34)cc2)c2ccc(-c3cccc4oc5ccccc5c34)cc2)c(-c2ccc3oc4cc5ccccc5cc4c3c2)c1. The molecule has 0 N–H and O–H groups in total. The molecule has 0 aliphatic carbocycles. The molecule has 10 aromatic carbocycles. The largest absolute Gasteiger partial charge is 0.456 e. The monoisotopic (exact) mass is 793 g/mol. The summed E-state index contributed by atoms with van der Waals surface area (Å²) >= 11 is 0. The highest BCUT2D eigenvalue weighted by Crippen LogP contribution is 2.45. The molecule has 0 atom stereocenters. The molecule has 0 fully saturated rings. The van der Waals surface area contributed by atoms with Gasteiger partial charge in [0.2, 0.25) is 0 Å². The van der Waals surface area contributed by atoms with Crippen LogP contribution in [0.2, 0.25) is 0 Å². The topological polar surface area (TPSA) is 42.7 Å². The van der Waals surface area contributed by atoms with E-state index in [1.54, 1.807) is 0 Å². The van der Waals surface area contributed by atoms with Gasteiger partial charge in [0.25, 0.3) is 0 Å². The number of rotatable bonds is 6. The molecule has 0 bridgehead atoms. The molecule has 0 unspecified atom stereocenters. The van der Waals surface area contributed by atoms with Crippen LogP contribution in [0.5, 0.6) is 0 Å². The summed E-state index contributed by atoms with van der Waals surface area (Å²) in [5.74, 6) is 0. The maximum Gasteiger partial charge on any atom is 0.136 e. The van der Waals surface area contributed by atoms with Crippen LogP contribution < -0.4 is 4.90 Å². The Hall–Kier alpha value is -8.34. The Morgan fingerprint density at radius 1 is 0.274 bits per heavy atom. The summed E-state index contributed by atoms with van der Waals surface area (Å²) in [4.78, 5) is 2.37. The summed E-state index contributed by atoms with van der Waals surface area (Å²) in [5.41, 5.74) is 15.2. The number of hydrogen-bond donors (Lipinski definition) is 0. The van der Waals surface area contributed by atoms with Crippen molar-refractivity contribution in [3.05, 3.63) is 212 Å². The minimum atomic E-state index is 0.875. The zero-order valence-corrected chi connectivity index (χ0v) is 33.4. The van der Waals surface area contributed by atoms with Gasteiger partial charge in [-0.15, -0.1) is 0 Å². The lowest BCUT2D eigenvalue weighted by molar-refractivity contribution is 0.668. The molecule has 0 saturated heterocycles. The van der Waals surface area contributed by atoms with Crippen LogP contribution >= 0.6 is 0 Å². The van der Waals surface area contributed by atoms with E-state index in [2.05, 4.69) is 193 Å².